The molecule has 1 fully saturated rings. The van der Waals surface area contributed by atoms with Gasteiger partial charge in [-0.1, -0.05) is 12.1 Å². The molecule has 1 aliphatic carbocycles. The van der Waals surface area contributed by atoms with Crippen LogP contribution in [0.2, 0.25) is 0 Å². The van der Waals surface area contributed by atoms with Crippen molar-refractivity contribution in [3.8, 4) is 11.5 Å². The average Bonchev–Trinajstić information content (AvgIpc) is 3.44. The highest BCUT2D eigenvalue weighted by molar-refractivity contribution is 6.06. The Morgan fingerprint density at radius 2 is 1.80 bits per heavy atom. The molecule has 5 nitrogen and oxygen atoms in total. The topological polar surface area (TPSA) is 73.6 Å². The highest BCUT2D eigenvalue weighted by atomic mass is 35.5. The first-order valence-electron chi connectivity index (χ1n) is 8.22. The summed E-state index contributed by atoms with van der Waals surface area (Å²) in [5.74, 6) is 1.82. The van der Waals surface area contributed by atoms with Gasteiger partial charge >= 0.3 is 0 Å². The van der Waals surface area contributed by atoms with Crippen LogP contribution < -0.4 is 20.5 Å². The van der Waals surface area contributed by atoms with Crippen LogP contribution in [0, 0.1) is 5.92 Å². The summed E-state index contributed by atoms with van der Waals surface area (Å²) in [7, 11) is 0. The molecule has 0 aliphatic heterocycles. The molecular weight excluding hydrogens is 340 g/mol. The number of carbonyl (C=O) groups is 1. The zero-order valence-electron chi connectivity index (χ0n) is 13.9. The number of rotatable bonds is 8. The third-order valence-electron chi connectivity index (χ3n) is 3.80. The van der Waals surface area contributed by atoms with E-state index in [0.29, 0.717) is 42.7 Å². The minimum absolute atomic E-state index is 0. The highest BCUT2D eigenvalue weighted by Crippen LogP contribution is 2.30. The number of hydrogen-bond donors (Lipinski definition) is 2. The van der Waals surface area contributed by atoms with Crippen molar-refractivity contribution in [2.75, 3.05) is 25.1 Å². The van der Waals surface area contributed by atoms with Crippen LogP contribution in [0.15, 0.2) is 48.5 Å². The van der Waals surface area contributed by atoms with E-state index in [0.717, 1.165) is 5.75 Å². The Balaban J connectivity index is 0.00000225. The molecule has 6 heteroatoms. The molecule has 1 saturated carbocycles. The Morgan fingerprint density at radius 3 is 2.48 bits per heavy atom. The summed E-state index contributed by atoms with van der Waals surface area (Å²) in [4.78, 5) is 12.5. The SMILES string of the molecule is Cl.NCCOc1ccc(NC(=O)c2ccccc2OCC2CC2)cc1. The third-order valence-corrected chi connectivity index (χ3v) is 3.80. The van der Waals surface area contributed by atoms with Gasteiger partial charge in [-0.25, -0.2) is 0 Å². The molecule has 3 N–H and O–H groups in total. The van der Waals surface area contributed by atoms with Gasteiger partial charge in [0.15, 0.2) is 0 Å². The molecule has 0 aromatic heterocycles. The van der Waals surface area contributed by atoms with E-state index in [1.807, 2.05) is 18.2 Å². The van der Waals surface area contributed by atoms with Gasteiger partial charge in [-0.15, -0.1) is 12.4 Å². The Labute approximate surface area is 153 Å². The molecule has 0 radical (unpaired) electrons. The number of benzene rings is 2. The van der Waals surface area contributed by atoms with Crippen LogP contribution >= 0.6 is 12.4 Å². The second-order valence-corrected chi connectivity index (χ2v) is 5.87. The molecule has 25 heavy (non-hydrogen) atoms. The summed E-state index contributed by atoms with van der Waals surface area (Å²) in [5, 5.41) is 2.89. The number of carbonyl (C=O) groups excluding carboxylic acids is 1. The van der Waals surface area contributed by atoms with Gasteiger partial charge in [0, 0.05) is 12.2 Å². The summed E-state index contributed by atoms with van der Waals surface area (Å²) in [5.41, 5.74) is 6.65. The monoisotopic (exact) mass is 362 g/mol. The molecular formula is C19H23ClN2O3. The van der Waals surface area contributed by atoms with E-state index in [-0.39, 0.29) is 18.3 Å². The van der Waals surface area contributed by atoms with E-state index in [2.05, 4.69) is 5.32 Å². The number of hydrogen-bond acceptors (Lipinski definition) is 4. The van der Waals surface area contributed by atoms with E-state index in [1.165, 1.54) is 12.8 Å². The van der Waals surface area contributed by atoms with Crippen LogP contribution in [0.4, 0.5) is 5.69 Å². The van der Waals surface area contributed by atoms with Gasteiger partial charge in [-0.05, 0) is 55.2 Å². The maximum Gasteiger partial charge on any atom is 0.259 e. The van der Waals surface area contributed by atoms with Crippen molar-refractivity contribution in [2.45, 2.75) is 12.8 Å². The average molecular weight is 363 g/mol. The lowest BCUT2D eigenvalue weighted by molar-refractivity contribution is 0.102. The third kappa shape index (κ3) is 5.66. The Hall–Kier alpha value is -2.24. The van der Waals surface area contributed by atoms with Crippen LogP contribution in [0.5, 0.6) is 11.5 Å². The number of nitrogens with two attached hydrogens (primary N) is 1. The largest absolute Gasteiger partial charge is 0.492 e. The lowest BCUT2D eigenvalue weighted by atomic mass is 10.2. The smallest absolute Gasteiger partial charge is 0.259 e. The molecule has 0 atom stereocenters. The molecule has 0 spiro atoms. The molecule has 1 aliphatic rings. The van der Waals surface area contributed by atoms with E-state index in [4.69, 9.17) is 15.2 Å². The van der Waals surface area contributed by atoms with Crippen molar-refractivity contribution >= 4 is 24.0 Å². The maximum absolute atomic E-state index is 12.5. The van der Waals surface area contributed by atoms with Crippen molar-refractivity contribution in [1.82, 2.24) is 0 Å². The number of anilines is 1. The molecule has 2 aromatic rings. The molecule has 2 aromatic carbocycles. The van der Waals surface area contributed by atoms with Gasteiger partial charge in [0.1, 0.15) is 18.1 Å². The number of halogens is 1. The molecule has 0 unspecified atom stereocenters. The number of ether oxygens (including phenoxy) is 2. The van der Waals surface area contributed by atoms with E-state index in [1.54, 1.807) is 30.3 Å². The summed E-state index contributed by atoms with van der Waals surface area (Å²) in [6.45, 7) is 1.62. The maximum atomic E-state index is 12.5. The van der Waals surface area contributed by atoms with E-state index >= 15 is 0 Å². The first kappa shape index (κ1) is 19.1. The Morgan fingerprint density at radius 1 is 1.08 bits per heavy atom. The fourth-order valence-corrected chi connectivity index (χ4v) is 2.28. The Bertz CT molecular complexity index is 687. The van der Waals surface area contributed by atoms with Crippen LogP contribution in [0.1, 0.15) is 23.2 Å². The van der Waals surface area contributed by atoms with Crippen molar-refractivity contribution in [2.24, 2.45) is 11.7 Å². The van der Waals surface area contributed by atoms with Crippen LogP contribution in [0.3, 0.4) is 0 Å². The lowest BCUT2D eigenvalue weighted by Crippen LogP contribution is -2.14. The zero-order chi connectivity index (χ0) is 16.8. The standard InChI is InChI=1S/C19H22N2O3.ClH/c20-11-12-23-16-9-7-15(8-10-16)21-19(22)17-3-1-2-4-18(17)24-13-14-5-6-14;/h1-4,7-10,14H,5-6,11-13,20H2,(H,21,22);1H. The van der Waals surface area contributed by atoms with Gasteiger partial charge in [0.05, 0.1) is 12.2 Å². The second-order valence-electron chi connectivity index (χ2n) is 5.87. The summed E-state index contributed by atoms with van der Waals surface area (Å²) in [6, 6.07) is 14.5. The number of amides is 1. The second kappa shape index (κ2) is 9.30. The predicted octanol–water partition coefficient (Wildman–Crippen LogP) is 3.49. The Kier molecular flexibility index (Phi) is 7.10. The van der Waals surface area contributed by atoms with Crippen molar-refractivity contribution < 1.29 is 14.3 Å². The fraction of sp³-hybridized carbons (Fsp3) is 0.316. The van der Waals surface area contributed by atoms with Crippen molar-refractivity contribution in [3.05, 3.63) is 54.1 Å². The van der Waals surface area contributed by atoms with Crippen LogP contribution in [-0.2, 0) is 0 Å². The molecule has 134 valence electrons. The first-order chi connectivity index (χ1) is 11.8. The number of nitrogens with one attached hydrogen (secondary N) is 1. The van der Waals surface area contributed by atoms with Gasteiger partial charge in [-0.3, -0.25) is 4.79 Å². The van der Waals surface area contributed by atoms with Gasteiger partial charge in [0.25, 0.3) is 5.91 Å². The van der Waals surface area contributed by atoms with Gasteiger partial charge < -0.3 is 20.5 Å². The number of para-hydroxylation sites is 1. The first-order valence-corrected chi connectivity index (χ1v) is 8.22. The molecule has 0 saturated heterocycles. The molecule has 3 rings (SSSR count). The molecule has 0 heterocycles. The molecule has 0 bridgehead atoms. The normalized spacial score (nSPS) is 12.8. The quantitative estimate of drug-likeness (QED) is 0.753. The minimum atomic E-state index is -0.183. The van der Waals surface area contributed by atoms with Crippen LogP contribution in [0.25, 0.3) is 0 Å². The fourth-order valence-electron chi connectivity index (χ4n) is 2.28. The van der Waals surface area contributed by atoms with E-state index < -0.39 is 0 Å². The van der Waals surface area contributed by atoms with E-state index in [9.17, 15) is 4.79 Å². The summed E-state index contributed by atoms with van der Waals surface area (Å²) < 4.78 is 11.2. The van der Waals surface area contributed by atoms with Gasteiger partial charge in [-0.2, -0.15) is 0 Å². The van der Waals surface area contributed by atoms with Crippen LogP contribution in [-0.4, -0.2) is 25.7 Å². The van der Waals surface area contributed by atoms with Crippen molar-refractivity contribution in [1.29, 1.82) is 0 Å². The van der Waals surface area contributed by atoms with Crippen molar-refractivity contribution in [3.63, 3.8) is 0 Å². The predicted molar refractivity (Wildman–Crippen MR) is 101 cm³/mol. The minimum Gasteiger partial charge on any atom is -0.492 e. The zero-order valence-corrected chi connectivity index (χ0v) is 14.8. The molecule has 1 amide bonds. The highest BCUT2D eigenvalue weighted by Gasteiger charge is 2.23. The lowest BCUT2D eigenvalue weighted by Gasteiger charge is -2.12. The van der Waals surface area contributed by atoms with Gasteiger partial charge in [0.2, 0.25) is 0 Å². The summed E-state index contributed by atoms with van der Waals surface area (Å²) in [6.07, 6.45) is 2.43. The summed E-state index contributed by atoms with van der Waals surface area (Å²) >= 11 is 0.